The van der Waals surface area contributed by atoms with Crippen LogP contribution in [0.2, 0.25) is 0 Å². The van der Waals surface area contributed by atoms with Crippen LogP contribution in [0.5, 0.6) is 17.2 Å². The topological polar surface area (TPSA) is 166 Å². The largest absolute Gasteiger partial charge is 0.507 e. The molecule has 10 heteroatoms. The zero-order valence-corrected chi connectivity index (χ0v) is 17.5. The Bertz CT molecular complexity index is 973. The van der Waals surface area contributed by atoms with Gasteiger partial charge in [0.1, 0.15) is 53.3 Å². The van der Waals surface area contributed by atoms with Gasteiger partial charge in [0.25, 0.3) is 0 Å². The molecule has 1 aliphatic heterocycles. The summed E-state index contributed by atoms with van der Waals surface area (Å²) in [6.07, 6.45) is -6.57. The Morgan fingerprint density at radius 2 is 1.69 bits per heavy atom. The average Bonchev–Trinajstić information content (AvgIpc) is 2.78. The molecule has 1 heterocycles. The molecule has 32 heavy (non-hydrogen) atoms. The molecule has 5 atom stereocenters. The van der Waals surface area contributed by atoms with Crippen LogP contribution in [0.15, 0.2) is 30.3 Å². The fraction of sp³-hybridized carbons (Fsp3) is 0.409. The number of aliphatic hydroxyl groups is 4. The van der Waals surface area contributed by atoms with E-state index in [4.69, 9.17) is 14.2 Å². The smallest absolute Gasteiger partial charge is 0.339 e. The number of methoxy groups -OCH3 is 2. The third-order valence-corrected chi connectivity index (χ3v) is 5.52. The molecular formula is C22H26O10. The molecule has 0 saturated carbocycles. The van der Waals surface area contributed by atoms with Crippen molar-refractivity contribution >= 4 is 5.97 Å². The van der Waals surface area contributed by atoms with Gasteiger partial charge in [-0.05, 0) is 29.3 Å². The fourth-order valence-electron chi connectivity index (χ4n) is 3.80. The molecule has 3 rings (SSSR count). The number of phenols is 1. The van der Waals surface area contributed by atoms with Crippen molar-refractivity contribution < 1.29 is 49.6 Å². The van der Waals surface area contributed by atoms with Crippen LogP contribution < -0.4 is 9.47 Å². The Labute approximate surface area is 183 Å². The molecule has 0 aliphatic carbocycles. The van der Waals surface area contributed by atoms with Crippen LogP contribution in [0, 0.1) is 0 Å². The summed E-state index contributed by atoms with van der Waals surface area (Å²) in [4.78, 5) is 11.3. The minimum Gasteiger partial charge on any atom is -0.507 e. The van der Waals surface area contributed by atoms with E-state index in [2.05, 4.69) is 0 Å². The monoisotopic (exact) mass is 450 g/mol. The lowest BCUT2D eigenvalue weighted by Crippen LogP contribution is -2.55. The molecule has 1 aliphatic rings. The van der Waals surface area contributed by atoms with E-state index in [-0.39, 0.29) is 23.5 Å². The highest BCUT2D eigenvalue weighted by molar-refractivity contribution is 5.91. The maximum absolute atomic E-state index is 11.3. The normalized spacial score (nSPS) is 25.4. The molecule has 0 aromatic heterocycles. The molecule has 6 N–H and O–H groups in total. The number of carboxylic acid groups (broad SMARTS) is 1. The second kappa shape index (κ2) is 9.72. The predicted octanol–water partition coefficient (Wildman–Crippen LogP) is 0.213. The second-order valence-electron chi connectivity index (χ2n) is 7.49. The van der Waals surface area contributed by atoms with Crippen LogP contribution >= 0.6 is 0 Å². The Balaban J connectivity index is 2.05. The molecule has 0 bridgehead atoms. The maximum atomic E-state index is 11.3. The van der Waals surface area contributed by atoms with Crippen molar-refractivity contribution in [2.24, 2.45) is 0 Å². The zero-order valence-electron chi connectivity index (χ0n) is 17.5. The molecule has 174 valence electrons. The van der Waals surface area contributed by atoms with Crippen molar-refractivity contribution in [1.82, 2.24) is 0 Å². The number of aromatic hydroxyl groups is 1. The minimum absolute atomic E-state index is 0.206. The predicted molar refractivity (Wildman–Crippen MR) is 110 cm³/mol. The number of aromatic carboxylic acids is 1. The first-order chi connectivity index (χ1) is 15.2. The molecule has 0 amide bonds. The molecule has 1 fully saturated rings. The van der Waals surface area contributed by atoms with Crippen molar-refractivity contribution in [3.63, 3.8) is 0 Å². The van der Waals surface area contributed by atoms with Crippen molar-refractivity contribution in [3.8, 4) is 17.2 Å². The minimum atomic E-state index is -1.56. The first-order valence-corrected chi connectivity index (χ1v) is 9.82. The summed E-state index contributed by atoms with van der Waals surface area (Å²) in [7, 11) is 2.85. The van der Waals surface area contributed by atoms with Crippen LogP contribution in [0.3, 0.4) is 0 Å². The Morgan fingerprint density at radius 1 is 1.00 bits per heavy atom. The first-order valence-electron chi connectivity index (χ1n) is 9.82. The molecular weight excluding hydrogens is 424 g/mol. The van der Waals surface area contributed by atoms with Gasteiger partial charge in [0, 0.05) is 18.1 Å². The van der Waals surface area contributed by atoms with Gasteiger partial charge >= 0.3 is 5.97 Å². The van der Waals surface area contributed by atoms with Gasteiger partial charge in [-0.15, -0.1) is 0 Å². The van der Waals surface area contributed by atoms with E-state index in [1.54, 1.807) is 18.2 Å². The van der Waals surface area contributed by atoms with Crippen molar-refractivity contribution in [2.45, 2.75) is 36.9 Å². The lowest BCUT2D eigenvalue weighted by Gasteiger charge is -2.40. The number of rotatable bonds is 7. The van der Waals surface area contributed by atoms with Crippen molar-refractivity contribution in [1.29, 1.82) is 0 Å². The Kier molecular flexibility index (Phi) is 7.22. The van der Waals surface area contributed by atoms with E-state index in [9.17, 15) is 35.4 Å². The van der Waals surface area contributed by atoms with E-state index in [0.717, 1.165) is 0 Å². The van der Waals surface area contributed by atoms with Gasteiger partial charge in [-0.2, -0.15) is 0 Å². The van der Waals surface area contributed by atoms with Gasteiger partial charge < -0.3 is 44.8 Å². The Hall–Kier alpha value is -2.89. The van der Waals surface area contributed by atoms with Crippen LogP contribution in [-0.4, -0.2) is 81.9 Å². The summed E-state index contributed by atoms with van der Waals surface area (Å²) >= 11 is 0. The number of carbonyl (C=O) groups is 1. The van der Waals surface area contributed by atoms with Gasteiger partial charge in [0.05, 0.1) is 20.8 Å². The molecule has 0 spiro atoms. The standard InChI is InChI=1S/C22H26O10/c1-30-15-8-16(31-2)13(21-20(27)19(26)18(25)17(9-23)32-21)7-11(15)5-10-3-4-14(24)12(6-10)22(28)29/h3-4,6-8,17-21,23-27H,5,9H2,1-2H3,(H,28,29)/t17-,18+,19+,20-,21+/m1/s1. The van der Waals surface area contributed by atoms with Gasteiger partial charge in [-0.3, -0.25) is 0 Å². The second-order valence-corrected chi connectivity index (χ2v) is 7.49. The number of hydrogen-bond donors (Lipinski definition) is 6. The number of aliphatic hydroxyl groups excluding tert-OH is 4. The molecule has 2 aromatic carbocycles. The van der Waals surface area contributed by atoms with Gasteiger partial charge in [0.2, 0.25) is 0 Å². The van der Waals surface area contributed by atoms with Gasteiger partial charge in [-0.1, -0.05) is 6.07 Å². The number of benzene rings is 2. The molecule has 1 saturated heterocycles. The van der Waals surface area contributed by atoms with Crippen molar-refractivity contribution in [3.05, 3.63) is 52.6 Å². The van der Waals surface area contributed by atoms with Gasteiger partial charge in [0.15, 0.2) is 0 Å². The number of carboxylic acids is 1. The van der Waals surface area contributed by atoms with Crippen LogP contribution in [0.25, 0.3) is 0 Å². The summed E-state index contributed by atoms with van der Waals surface area (Å²) < 4.78 is 16.5. The summed E-state index contributed by atoms with van der Waals surface area (Å²) in [6.45, 7) is -0.571. The SMILES string of the molecule is COc1cc(OC)c([C@@H]2O[C@H](CO)[C@H](O)[C@H](O)[C@H]2O)cc1Cc1ccc(O)c(C(=O)O)c1. The fourth-order valence-corrected chi connectivity index (χ4v) is 3.80. The van der Waals surface area contributed by atoms with Gasteiger partial charge in [-0.25, -0.2) is 4.79 Å². The van der Waals surface area contributed by atoms with E-state index >= 15 is 0 Å². The summed E-state index contributed by atoms with van der Waals surface area (Å²) in [5.74, 6) is -0.926. The van der Waals surface area contributed by atoms with E-state index in [1.165, 1.54) is 26.4 Å². The molecule has 10 nitrogen and oxygen atoms in total. The van der Waals surface area contributed by atoms with Crippen LogP contribution in [0.1, 0.15) is 33.2 Å². The summed E-state index contributed by atoms with van der Waals surface area (Å²) in [5, 5.41) is 59.2. The molecule has 0 radical (unpaired) electrons. The summed E-state index contributed by atoms with van der Waals surface area (Å²) in [6, 6.07) is 7.38. The number of hydrogen-bond acceptors (Lipinski definition) is 9. The highest BCUT2D eigenvalue weighted by atomic mass is 16.5. The van der Waals surface area contributed by atoms with E-state index in [1.807, 2.05) is 0 Å². The third kappa shape index (κ3) is 4.50. The molecule has 0 unspecified atom stereocenters. The molecule has 2 aromatic rings. The highest BCUT2D eigenvalue weighted by Gasteiger charge is 2.45. The maximum Gasteiger partial charge on any atom is 0.339 e. The Morgan fingerprint density at radius 3 is 2.28 bits per heavy atom. The van der Waals surface area contributed by atoms with E-state index in [0.29, 0.717) is 22.4 Å². The first kappa shape index (κ1) is 23.8. The lowest BCUT2D eigenvalue weighted by molar-refractivity contribution is -0.232. The zero-order chi connectivity index (χ0) is 23.6. The number of ether oxygens (including phenoxy) is 3. The van der Waals surface area contributed by atoms with Crippen LogP contribution in [-0.2, 0) is 11.2 Å². The third-order valence-electron chi connectivity index (χ3n) is 5.52. The van der Waals surface area contributed by atoms with Crippen LogP contribution in [0.4, 0.5) is 0 Å². The average molecular weight is 450 g/mol. The van der Waals surface area contributed by atoms with E-state index < -0.39 is 43.1 Å². The summed E-state index contributed by atoms with van der Waals surface area (Å²) in [5.41, 5.74) is 1.26. The quantitative estimate of drug-likeness (QED) is 0.343. The lowest BCUT2D eigenvalue weighted by atomic mass is 9.89. The highest BCUT2D eigenvalue weighted by Crippen LogP contribution is 2.40. The van der Waals surface area contributed by atoms with Crippen molar-refractivity contribution in [2.75, 3.05) is 20.8 Å².